The molecule has 0 radical (unpaired) electrons. The van der Waals surface area contributed by atoms with Gasteiger partial charge in [-0.2, -0.15) is 0 Å². The number of aromatic carboxylic acids is 1. The molecular weight excluding hydrogens is 460 g/mol. The van der Waals surface area contributed by atoms with Crippen molar-refractivity contribution >= 4 is 39.0 Å². The Balaban J connectivity index is 1.42. The number of hydrogen-bond donors (Lipinski definition) is 1. The lowest BCUT2D eigenvalue weighted by atomic mass is 10.2. The van der Waals surface area contributed by atoms with E-state index in [-0.39, 0.29) is 12.4 Å². The van der Waals surface area contributed by atoms with E-state index in [0.29, 0.717) is 10.2 Å². The van der Waals surface area contributed by atoms with E-state index in [1.165, 1.54) is 11.6 Å². The quantitative estimate of drug-likeness (QED) is 0.156. The zero-order valence-electron chi connectivity index (χ0n) is 16.4. The molecule has 31 heavy (non-hydrogen) atoms. The number of halogens is 1. The Morgan fingerprint density at radius 1 is 1.06 bits per heavy atom. The van der Waals surface area contributed by atoms with Crippen molar-refractivity contribution < 1.29 is 19.5 Å². The number of carboxylic acid groups (broad SMARTS) is 1. The molecule has 0 unspecified atom stereocenters. The van der Waals surface area contributed by atoms with E-state index in [4.69, 9.17) is 14.7 Å². The molecule has 6 nitrogen and oxygen atoms in total. The van der Waals surface area contributed by atoms with Crippen LogP contribution in [-0.4, -0.2) is 28.7 Å². The van der Waals surface area contributed by atoms with Crippen molar-refractivity contribution in [3.8, 4) is 5.75 Å². The van der Waals surface area contributed by atoms with Crippen LogP contribution in [0.3, 0.4) is 0 Å². The number of nitrogens with zero attached hydrogens (tertiary/aromatic N) is 2. The summed E-state index contributed by atoms with van der Waals surface area (Å²) in [6, 6.07) is 23.0. The Kier molecular flexibility index (Phi) is 6.33. The number of benzene rings is 3. The van der Waals surface area contributed by atoms with Gasteiger partial charge in [0, 0.05) is 33.7 Å². The summed E-state index contributed by atoms with van der Waals surface area (Å²) in [5.74, 6) is -0.530. The molecule has 0 aliphatic carbocycles. The number of aromatic nitrogens is 1. The van der Waals surface area contributed by atoms with Gasteiger partial charge in [-0.15, -0.1) is 0 Å². The van der Waals surface area contributed by atoms with Crippen molar-refractivity contribution in [2.24, 2.45) is 5.16 Å². The highest BCUT2D eigenvalue weighted by Crippen LogP contribution is 2.23. The van der Waals surface area contributed by atoms with Crippen LogP contribution in [0.2, 0.25) is 0 Å². The third-order valence-electron chi connectivity index (χ3n) is 4.73. The second-order valence-electron chi connectivity index (χ2n) is 6.79. The second-order valence-corrected chi connectivity index (χ2v) is 7.64. The van der Waals surface area contributed by atoms with Crippen molar-refractivity contribution in [1.29, 1.82) is 0 Å². The first-order chi connectivity index (χ1) is 15.1. The van der Waals surface area contributed by atoms with Gasteiger partial charge in [-0.25, -0.2) is 4.79 Å². The molecule has 4 aromatic rings. The van der Waals surface area contributed by atoms with Crippen LogP contribution >= 0.6 is 15.9 Å². The van der Waals surface area contributed by atoms with Crippen LogP contribution in [0, 0.1) is 0 Å². The van der Waals surface area contributed by atoms with Crippen molar-refractivity contribution in [3.05, 3.63) is 100 Å². The van der Waals surface area contributed by atoms with Gasteiger partial charge in [-0.1, -0.05) is 53.7 Å². The SMILES string of the molecule is O=C(O)c1ccc(OCO/N=C/c2cn(Cc3ccccc3)c3ccccc23)cc1Br. The number of hydrogen-bond acceptors (Lipinski definition) is 4. The fraction of sp³-hybridized carbons (Fsp3) is 0.0833. The lowest BCUT2D eigenvalue weighted by Gasteiger charge is -2.06. The van der Waals surface area contributed by atoms with Crippen LogP contribution in [0.5, 0.6) is 5.75 Å². The van der Waals surface area contributed by atoms with E-state index in [1.807, 2.05) is 36.5 Å². The highest BCUT2D eigenvalue weighted by Gasteiger charge is 2.09. The average molecular weight is 479 g/mol. The summed E-state index contributed by atoms with van der Waals surface area (Å²) in [4.78, 5) is 16.3. The summed E-state index contributed by atoms with van der Waals surface area (Å²) in [6.07, 6.45) is 3.71. The first-order valence-electron chi connectivity index (χ1n) is 9.54. The molecule has 1 aromatic heterocycles. The standard InChI is InChI=1S/C24H19BrN2O4/c25-22-12-19(10-11-21(22)24(28)29)30-16-31-26-13-18-15-27(14-17-6-2-1-3-7-17)23-9-5-4-8-20(18)23/h1-13,15H,14,16H2,(H,28,29)/b26-13+. The Labute approximate surface area is 187 Å². The van der Waals surface area contributed by atoms with E-state index in [2.05, 4.69) is 49.9 Å². The molecule has 0 saturated carbocycles. The molecule has 0 atom stereocenters. The number of rotatable bonds is 8. The maximum Gasteiger partial charge on any atom is 0.336 e. The van der Waals surface area contributed by atoms with Crippen molar-refractivity contribution in [2.75, 3.05) is 6.79 Å². The van der Waals surface area contributed by atoms with E-state index >= 15 is 0 Å². The number of ether oxygens (including phenoxy) is 1. The third-order valence-corrected chi connectivity index (χ3v) is 5.39. The molecule has 4 rings (SSSR count). The Hall–Kier alpha value is -3.58. The number of fused-ring (bicyclic) bond motifs is 1. The molecule has 0 aliphatic heterocycles. The molecule has 7 heteroatoms. The van der Waals surface area contributed by atoms with Crippen LogP contribution in [0.15, 0.2) is 88.6 Å². The van der Waals surface area contributed by atoms with Gasteiger partial charge in [0.25, 0.3) is 6.79 Å². The number of para-hydroxylation sites is 1. The maximum absolute atomic E-state index is 11.0. The minimum atomic E-state index is -1.01. The van der Waals surface area contributed by atoms with Crippen LogP contribution in [-0.2, 0) is 11.4 Å². The maximum atomic E-state index is 11.0. The molecule has 0 bridgehead atoms. The van der Waals surface area contributed by atoms with Gasteiger partial charge >= 0.3 is 5.97 Å². The first-order valence-corrected chi connectivity index (χ1v) is 10.3. The number of oxime groups is 1. The fourth-order valence-electron chi connectivity index (χ4n) is 3.27. The molecule has 3 aromatic carbocycles. The van der Waals surface area contributed by atoms with E-state index < -0.39 is 5.97 Å². The molecule has 156 valence electrons. The van der Waals surface area contributed by atoms with Gasteiger partial charge in [0.1, 0.15) is 5.75 Å². The fourth-order valence-corrected chi connectivity index (χ4v) is 3.79. The Bertz CT molecular complexity index is 1240. The highest BCUT2D eigenvalue weighted by atomic mass is 79.9. The van der Waals surface area contributed by atoms with Gasteiger partial charge < -0.3 is 19.2 Å². The molecule has 1 heterocycles. The third kappa shape index (κ3) is 4.95. The van der Waals surface area contributed by atoms with Crippen LogP contribution in [0.25, 0.3) is 10.9 Å². The topological polar surface area (TPSA) is 73.1 Å². The largest absolute Gasteiger partial charge is 0.478 e. The van der Waals surface area contributed by atoms with E-state index in [0.717, 1.165) is 23.0 Å². The highest BCUT2D eigenvalue weighted by molar-refractivity contribution is 9.10. The van der Waals surface area contributed by atoms with Gasteiger partial charge in [-0.05, 0) is 45.8 Å². The minimum absolute atomic E-state index is 0.0992. The Morgan fingerprint density at radius 3 is 2.61 bits per heavy atom. The lowest BCUT2D eigenvalue weighted by Crippen LogP contribution is -2.01. The number of carbonyl (C=O) groups is 1. The van der Waals surface area contributed by atoms with Crippen molar-refractivity contribution in [3.63, 3.8) is 0 Å². The average Bonchev–Trinajstić information content (AvgIpc) is 3.11. The van der Waals surface area contributed by atoms with Gasteiger partial charge in [-0.3, -0.25) is 0 Å². The summed E-state index contributed by atoms with van der Waals surface area (Å²) >= 11 is 3.22. The smallest absolute Gasteiger partial charge is 0.336 e. The molecule has 0 aliphatic rings. The zero-order chi connectivity index (χ0) is 21.6. The van der Waals surface area contributed by atoms with Crippen molar-refractivity contribution in [2.45, 2.75) is 6.54 Å². The predicted octanol–water partition coefficient (Wildman–Crippen LogP) is 5.54. The van der Waals surface area contributed by atoms with Crippen LogP contribution in [0.1, 0.15) is 21.5 Å². The Morgan fingerprint density at radius 2 is 1.84 bits per heavy atom. The monoisotopic (exact) mass is 478 g/mol. The molecule has 0 saturated heterocycles. The predicted molar refractivity (Wildman–Crippen MR) is 123 cm³/mol. The van der Waals surface area contributed by atoms with E-state index in [1.54, 1.807) is 18.3 Å². The molecular formula is C24H19BrN2O4. The van der Waals surface area contributed by atoms with Crippen LogP contribution in [0.4, 0.5) is 0 Å². The first kappa shape index (κ1) is 20.7. The molecule has 0 amide bonds. The summed E-state index contributed by atoms with van der Waals surface area (Å²) in [5, 5.41) is 14.2. The van der Waals surface area contributed by atoms with E-state index in [9.17, 15) is 4.79 Å². The zero-order valence-corrected chi connectivity index (χ0v) is 18.0. The summed E-state index contributed by atoms with van der Waals surface area (Å²) in [6.45, 7) is 0.665. The van der Waals surface area contributed by atoms with Gasteiger partial charge in [0.2, 0.25) is 0 Å². The normalized spacial score (nSPS) is 11.1. The molecule has 0 spiro atoms. The van der Waals surface area contributed by atoms with Gasteiger partial charge in [0.05, 0.1) is 11.8 Å². The van der Waals surface area contributed by atoms with Crippen LogP contribution < -0.4 is 4.74 Å². The molecule has 1 N–H and O–H groups in total. The summed E-state index contributed by atoms with van der Waals surface area (Å²) in [5.41, 5.74) is 3.45. The van der Waals surface area contributed by atoms with Gasteiger partial charge in [0.15, 0.2) is 0 Å². The van der Waals surface area contributed by atoms with Crippen molar-refractivity contribution in [1.82, 2.24) is 4.57 Å². The minimum Gasteiger partial charge on any atom is -0.478 e. The number of carboxylic acids is 1. The molecule has 0 fully saturated rings. The summed E-state index contributed by atoms with van der Waals surface area (Å²) in [7, 11) is 0. The second kappa shape index (κ2) is 9.49. The lowest BCUT2D eigenvalue weighted by molar-refractivity contribution is 0.0198. The summed E-state index contributed by atoms with van der Waals surface area (Å²) < 4.78 is 8.09.